The van der Waals surface area contributed by atoms with Crippen LogP contribution in [0.2, 0.25) is 0 Å². The Labute approximate surface area is 195 Å². The molecule has 0 aliphatic carbocycles. The number of nitrogens with zero attached hydrogens (tertiary/aromatic N) is 2. The summed E-state index contributed by atoms with van der Waals surface area (Å²) in [7, 11) is 6.57. The van der Waals surface area contributed by atoms with Crippen LogP contribution >= 0.6 is 24.0 Å². The van der Waals surface area contributed by atoms with Crippen molar-refractivity contribution < 1.29 is 14.2 Å². The standard InChI is InChI=1S/C21H31N5O3.HI/c1-22-21(25-12-8-7-11-24-19-9-5-6-10-23-19)26-15-16-13-17(27-2)20(29-4)18(14-16)28-3;/h5-6,9-10,13-14H,7-8,11-12,15H2,1-4H3,(H,23,24)(H2,22,25,26);1H. The van der Waals surface area contributed by atoms with Gasteiger partial charge in [-0.3, -0.25) is 4.99 Å². The van der Waals surface area contributed by atoms with E-state index in [0.29, 0.717) is 23.8 Å². The first-order valence-corrected chi connectivity index (χ1v) is 9.60. The number of halogens is 1. The third-order valence-electron chi connectivity index (χ3n) is 4.28. The van der Waals surface area contributed by atoms with E-state index in [0.717, 1.165) is 43.3 Å². The number of rotatable bonds is 11. The first kappa shape index (κ1) is 25.6. The van der Waals surface area contributed by atoms with Crippen LogP contribution < -0.4 is 30.2 Å². The predicted molar refractivity (Wildman–Crippen MR) is 132 cm³/mol. The fourth-order valence-electron chi connectivity index (χ4n) is 2.78. The molecular weight excluding hydrogens is 497 g/mol. The summed E-state index contributed by atoms with van der Waals surface area (Å²) >= 11 is 0. The highest BCUT2D eigenvalue weighted by Crippen LogP contribution is 2.38. The van der Waals surface area contributed by atoms with Crippen molar-refractivity contribution in [2.45, 2.75) is 19.4 Å². The summed E-state index contributed by atoms with van der Waals surface area (Å²) < 4.78 is 16.2. The second-order valence-corrected chi connectivity index (χ2v) is 6.23. The lowest BCUT2D eigenvalue weighted by Crippen LogP contribution is -2.37. The van der Waals surface area contributed by atoms with Gasteiger partial charge in [0.25, 0.3) is 0 Å². The van der Waals surface area contributed by atoms with Gasteiger partial charge < -0.3 is 30.2 Å². The molecule has 30 heavy (non-hydrogen) atoms. The van der Waals surface area contributed by atoms with Crippen molar-refractivity contribution >= 4 is 35.8 Å². The molecule has 8 nitrogen and oxygen atoms in total. The molecule has 0 saturated heterocycles. The molecule has 0 unspecified atom stereocenters. The number of aliphatic imine (C=N–C) groups is 1. The maximum Gasteiger partial charge on any atom is 0.203 e. The van der Waals surface area contributed by atoms with Crippen molar-refractivity contribution in [3.05, 3.63) is 42.1 Å². The van der Waals surface area contributed by atoms with E-state index < -0.39 is 0 Å². The van der Waals surface area contributed by atoms with Gasteiger partial charge in [-0.05, 0) is 42.7 Å². The van der Waals surface area contributed by atoms with Crippen molar-refractivity contribution in [2.75, 3.05) is 46.8 Å². The number of guanidine groups is 1. The third kappa shape index (κ3) is 8.13. The topological polar surface area (TPSA) is 89.0 Å². The Morgan fingerprint density at radius 2 is 1.67 bits per heavy atom. The summed E-state index contributed by atoms with van der Waals surface area (Å²) in [4.78, 5) is 8.51. The molecule has 0 amide bonds. The number of benzene rings is 1. The van der Waals surface area contributed by atoms with E-state index in [1.54, 1.807) is 34.6 Å². The maximum absolute atomic E-state index is 5.40. The molecule has 9 heteroatoms. The van der Waals surface area contributed by atoms with Crippen LogP contribution in [0.25, 0.3) is 0 Å². The Morgan fingerprint density at radius 1 is 0.967 bits per heavy atom. The first-order chi connectivity index (χ1) is 14.2. The number of ether oxygens (including phenoxy) is 3. The van der Waals surface area contributed by atoms with Crippen molar-refractivity contribution in [1.29, 1.82) is 0 Å². The van der Waals surface area contributed by atoms with E-state index in [1.165, 1.54) is 0 Å². The van der Waals surface area contributed by atoms with E-state index in [4.69, 9.17) is 14.2 Å². The average Bonchev–Trinajstić information content (AvgIpc) is 2.77. The molecule has 0 radical (unpaired) electrons. The summed E-state index contributed by atoms with van der Waals surface area (Å²) in [5.41, 5.74) is 1.00. The highest BCUT2D eigenvalue weighted by atomic mass is 127. The lowest BCUT2D eigenvalue weighted by Gasteiger charge is -2.16. The lowest BCUT2D eigenvalue weighted by atomic mass is 10.2. The van der Waals surface area contributed by atoms with Gasteiger partial charge in [0.1, 0.15) is 5.82 Å². The Kier molecular flexibility index (Phi) is 12.4. The largest absolute Gasteiger partial charge is 0.493 e. The normalized spacial score (nSPS) is 10.6. The smallest absolute Gasteiger partial charge is 0.203 e. The lowest BCUT2D eigenvalue weighted by molar-refractivity contribution is 0.323. The number of anilines is 1. The van der Waals surface area contributed by atoms with Gasteiger partial charge in [0.05, 0.1) is 21.3 Å². The summed E-state index contributed by atoms with van der Waals surface area (Å²) in [6, 6.07) is 9.69. The fraction of sp³-hybridized carbons (Fsp3) is 0.429. The first-order valence-electron chi connectivity index (χ1n) is 9.60. The minimum Gasteiger partial charge on any atom is -0.493 e. The molecule has 2 aromatic rings. The molecule has 0 aliphatic rings. The van der Waals surface area contributed by atoms with Crippen molar-refractivity contribution in [3.8, 4) is 17.2 Å². The molecule has 166 valence electrons. The number of methoxy groups -OCH3 is 3. The van der Waals surface area contributed by atoms with Gasteiger partial charge in [-0.25, -0.2) is 4.98 Å². The second kappa shape index (κ2) is 14.5. The number of hydrogen-bond acceptors (Lipinski definition) is 6. The van der Waals surface area contributed by atoms with E-state index in [1.807, 2.05) is 30.3 Å². The predicted octanol–water partition coefficient (Wildman–Crippen LogP) is 3.28. The van der Waals surface area contributed by atoms with Gasteiger partial charge in [0.2, 0.25) is 5.75 Å². The Morgan fingerprint density at radius 3 is 2.23 bits per heavy atom. The van der Waals surface area contributed by atoms with Crippen LogP contribution in [0.5, 0.6) is 17.2 Å². The number of pyridine rings is 1. The minimum atomic E-state index is 0. The van der Waals surface area contributed by atoms with Crippen LogP contribution in [0.3, 0.4) is 0 Å². The molecule has 0 bridgehead atoms. The molecule has 1 heterocycles. The Hall–Kier alpha value is -2.43. The average molecular weight is 529 g/mol. The molecule has 1 aromatic heterocycles. The highest BCUT2D eigenvalue weighted by Gasteiger charge is 2.13. The maximum atomic E-state index is 5.40. The molecular formula is C21H32IN5O3. The van der Waals surface area contributed by atoms with E-state index >= 15 is 0 Å². The van der Waals surface area contributed by atoms with Gasteiger partial charge in [-0.1, -0.05) is 6.07 Å². The van der Waals surface area contributed by atoms with Gasteiger partial charge >= 0.3 is 0 Å². The van der Waals surface area contributed by atoms with E-state index in [-0.39, 0.29) is 24.0 Å². The SMILES string of the molecule is CN=C(NCCCCNc1ccccn1)NCc1cc(OC)c(OC)c(OC)c1.I. The molecule has 0 fully saturated rings. The van der Waals surface area contributed by atoms with Crippen LogP contribution in [0.1, 0.15) is 18.4 Å². The van der Waals surface area contributed by atoms with Crippen LogP contribution in [0.15, 0.2) is 41.5 Å². The van der Waals surface area contributed by atoms with E-state index in [2.05, 4.69) is 25.9 Å². The van der Waals surface area contributed by atoms with Crippen molar-refractivity contribution in [3.63, 3.8) is 0 Å². The molecule has 0 saturated carbocycles. The van der Waals surface area contributed by atoms with Gasteiger partial charge in [0, 0.05) is 32.9 Å². The monoisotopic (exact) mass is 529 g/mol. The van der Waals surface area contributed by atoms with Crippen molar-refractivity contribution in [2.24, 2.45) is 4.99 Å². The summed E-state index contributed by atoms with van der Waals surface area (Å²) in [6.45, 7) is 2.30. The van der Waals surface area contributed by atoms with Crippen LogP contribution in [-0.2, 0) is 6.54 Å². The Bertz CT molecular complexity index is 749. The molecule has 0 aliphatic heterocycles. The zero-order valence-corrected chi connectivity index (χ0v) is 20.4. The number of unbranched alkanes of at least 4 members (excludes halogenated alkanes) is 1. The molecule has 2 rings (SSSR count). The van der Waals surface area contributed by atoms with Gasteiger partial charge in [-0.2, -0.15) is 0 Å². The minimum absolute atomic E-state index is 0. The van der Waals surface area contributed by atoms with Gasteiger partial charge in [-0.15, -0.1) is 24.0 Å². The van der Waals surface area contributed by atoms with Gasteiger partial charge in [0.15, 0.2) is 17.5 Å². The zero-order chi connectivity index (χ0) is 20.9. The van der Waals surface area contributed by atoms with Crippen molar-refractivity contribution in [1.82, 2.24) is 15.6 Å². The van der Waals surface area contributed by atoms with E-state index in [9.17, 15) is 0 Å². The Balaban J connectivity index is 0.00000450. The highest BCUT2D eigenvalue weighted by molar-refractivity contribution is 14.0. The fourth-order valence-corrected chi connectivity index (χ4v) is 2.78. The van der Waals surface area contributed by atoms with Crippen LogP contribution in [0, 0.1) is 0 Å². The summed E-state index contributed by atoms with van der Waals surface area (Å²) in [5, 5.41) is 9.94. The van der Waals surface area contributed by atoms with Crippen LogP contribution in [0.4, 0.5) is 5.82 Å². The third-order valence-corrected chi connectivity index (χ3v) is 4.28. The second-order valence-electron chi connectivity index (χ2n) is 6.23. The quantitative estimate of drug-likeness (QED) is 0.178. The number of nitrogens with one attached hydrogen (secondary N) is 3. The molecule has 0 atom stereocenters. The summed E-state index contributed by atoms with van der Waals surface area (Å²) in [5.74, 6) is 3.50. The molecule has 1 aromatic carbocycles. The molecule has 0 spiro atoms. The summed E-state index contributed by atoms with van der Waals surface area (Å²) in [6.07, 6.45) is 3.84. The molecule has 3 N–H and O–H groups in total. The van der Waals surface area contributed by atoms with Crippen LogP contribution in [-0.4, -0.2) is 52.4 Å². The number of hydrogen-bond donors (Lipinski definition) is 3. The zero-order valence-electron chi connectivity index (χ0n) is 18.0. The number of aromatic nitrogens is 1.